The number of sulfonamides is 1. The number of hydrogen-bond donors (Lipinski definition) is 1. The molecule has 0 bridgehead atoms. The van der Waals surface area contributed by atoms with Gasteiger partial charge in [0.2, 0.25) is 15.9 Å². The van der Waals surface area contributed by atoms with Crippen LogP contribution in [0.4, 0.5) is 8.78 Å². The zero-order valence-electron chi connectivity index (χ0n) is 15.7. The van der Waals surface area contributed by atoms with E-state index in [-0.39, 0.29) is 23.2 Å². The van der Waals surface area contributed by atoms with Gasteiger partial charge in [0.1, 0.15) is 17.7 Å². The Morgan fingerprint density at radius 1 is 1.14 bits per heavy atom. The van der Waals surface area contributed by atoms with Crippen molar-refractivity contribution in [2.75, 3.05) is 18.8 Å². The van der Waals surface area contributed by atoms with Crippen LogP contribution in [0, 0.1) is 11.6 Å². The number of benzene rings is 2. The third-order valence-electron chi connectivity index (χ3n) is 4.69. The molecule has 1 fully saturated rings. The first-order valence-electron chi connectivity index (χ1n) is 9.26. The van der Waals surface area contributed by atoms with Crippen molar-refractivity contribution in [1.29, 1.82) is 0 Å². The van der Waals surface area contributed by atoms with Gasteiger partial charge in [-0.2, -0.15) is 16.1 Å². The van der Waals surface area contributed by atoms with E-state index in [0.29, 0.717) is 36.5 Å². The molecule has 0 saturated carbocycles. The maximum atomic E-state index is 13.6. The van der Waals surface area contributed by atoms with E-state index in [4.69, 9.17) is 0 Å². The normalized spacial score (nSPS) is 17.4. The summed E-state index contributed by atoms with van der Waals surface area (Å²) in [5.74, 6) is -0.0435. The van der Waals surface area contributed by atoms with E-state index in [0.717, 1.165) is 12.1 Å². The van der Waals surface area contributed by atoms with Crippen LogP contribution >= 0.6 is 11.8 Å². The molecule has 0 unspecified atom stereocenters. The van der Waals surface area contributed by atoms with Gasteiger partial charge in [-0.05, 0) is 48.7 Å². The number of nitrogens with one attached hydrogen (secondary N) is 1. The first-order valence-corrected chi connectivity index (χ1v) is 11.9. The van der Waals surface area contributed by atoms with E-state index in [1.54, 1.807) is 18.2 Å². The second-order valence-electron chi connectivity index (χ2n) is 6.66. The molecule has 1 aliphatic heterocycles. The fraction of sp³-hybridized carbons (Fsp3) is 0.350. The lowest BCUT2D eigenvalue weighted by Crippen LogP contribution is -2.46. The van der Waals surface area contributed by atoms with Gasteiger partial charge in [0.25, 0.3) is 0 Å². The van der Waals surface area contributed by atoms with Gasteiger partial charge in [0.15, 0.2) is 0 Å². The van der Waals surface area contributed by atoms with Crippen LogP contribution in [0.1, 0.15) is 18.4 Å². The number of thioether (sulfide) groups is 1. The molecule has 1 saturated heterocycles. The van der Waals surface area contributed by atoms with E-state index in [1.165, 1.54) is 34.3 Å². The summed E-state index contributed by atoms with van der Waals surface area (Å²) in [6.07, 6.45) is 1.02. The highest BCUT2D eigenvalue weighted by Crippen LogP contribution is 2.26. The maximum Gasteiger partial charge on any atom is 0.243 e. The molecule has 1 amide bonds. The molecule has 1 aliphatic rings. The molecule has 1 atom stereocenters. The van der Waals surface area contributed by atoms with Gasteiger partial charge in [-0.3, -0.25) is 4.79 Å². The summed E-state index contributed by atoms with van der Waals surface area (Å²) in [7, 11) is -3.87. The Morgan fingerprint density at radius 2 is 1.86 bits per heavy atom. The minimum absolute atomic E-state index is 0.0287. The molecule has 0 radical (unpaired) electrons. The Kier molecular flexibility index (Phi) is 7.26. The Labute approximate surface area is 173 Å². The average Bonchev–Trinajstić information content (AvgIpc) is 3.20. The molecular formula is C20H22F2N2O3S2. The van der Waals surface area contributed by atoms with Crippen LogP contribution < -0.4 is 5.32 Å². The number of rotatable bonds is 8. The molecule has 29 heavy (non-hydrogen) atoms. The highest BCUT2D eigenvalue weighted by Gasteiger charge is 2.39. The fourth-order valence-corrected chi connectivity index (χ4v) is 5.69. The summed E-state index contributed by atoms with van der Waals surface area (Å²) in [6, 6.07) is 10.4. The maximum absolute atomic E-state index is 13.6. The van der Waals surface area contributed by atoms with Gasteiger partial charge < -0.3 is 5.32 Å². The van der Waals surface area contributed by atoms with Crippen LogP contribution in [0.3, 0.4) is 0 Å². The average molecular weight is 441 g/mol. The second kappa shape index (κ2) is 9.69. The SMILES string of the molecule is O=C(NCCSCc1ccccc1F)[C@H]1CCCN1S(=O)(=O)c1ccc(F)cc1. The largest absolute Gasteiger partial charge is 0.354 e. The minimum Gasteiger partial charge on any atom is -0.354 e. The van der Waals surface area contributed by atoms with E-state index in [9.17, 15) is 22.0 Å². The lowest BCUT2D eigenvalue weighted by atomic mass is 10.2. The highest BCUT2D eigenvalue weighted by molar-refractivity contribution is 7.98. The van der Waals surface area contributed by atoms with Gasteiger partial charge >= 0.3 is 0 Å². The Morgan fingerprint density at radius 3 is 2.59 bits per heavy atom. The third kappa shape index (κ3) is 5.34. The summed E-state index contributed by atoms with van der Waals surface area (Å²) in [5, 5.41) is 2.77. The summed E-state index contributed by atoms with van der Waals surface area (Å²) in [5.41, 5.74) is 0.608. The summed E-state index contributed by atoms with van der Waals surface area (Å²) < 4.78 is 53.5. The number of nitrogens with zero attached hydrogens (tertiary/aromatic N) is 1. The molecule has 2 aromatic carbocycles. The molecule has 2 aromatic rings. The van der Waals surface area contributed by atoms with Crippen LogP contribution in [0.2, 0.25) is 0 Å². The fourth-order valence-electron chi connectivity index (χ4n) is 3.19. The molecule has 9 heteroatoms. The third-order valence-corrected chi connectivity index (χ3v) is 7.62. The Hall–Kier alpha value is -1.97. The van der Waals surface area contributed by atoms with Crippen LogP contribution in [0.25, 0.3) is 0 Å². The number of hydrogen-bond acceptors (Lipinski definition) is 4. The van der Waals surface area contributed by atoms with Gasteiger partial charge in [0, 0.05) is 24.6 Å². The predicted octanol–water partition coefficient (Wildman–Crippen LogP) is 3.17. The lowest BCUT2D eigenvalue weighted by Gasteiger charge is -2.23. The second-order valence-corrected chi connectivity index (χ2v) is 9.66. The molecular weight excluding hydrogens is 418 g/mol. The summed E-state index contributed by atoms with van der Waals surface area (Å²) in [6.45, 7) is 0.610. The van der Waals surface area contributed by atoms with E-state index >= 15 is 0 Å². The quantitative estimate of drug-likeness (QED) is 0.641. The van der Waals surface area contributed by atoms with Gasteiger partial charge in [0.05, 0.1) is 4.90 Å². The Balaban J connectivity index is 1.52. The van der Waals surface area contributed by atoms with Crippen molar-refractivity contribution in [3.63, 3.8) is 0 Å². The van der Waals surface area contributed by atoms with E-state index in [1.807, 2.05) is 0 Å². The number of amides is 1. The van der Waals surface area contributed by atoms with Crippen molar-refractivity contribution in [1.82, 2.24) is 9.62 Å². The van der Waals surface area contributed by atoms with Crippen LogP contribution in [0.15, 0.2) is 53.4 Å². The van der Waals surface area contributed by atoms with Crippen molar-refractivity contribution in [2.24, 2.45) is 0 Å². The van der Waals surface area contributed by atoms with Crippen molar-refractivity contribution in [3.05, 3.63) is 65.7 Å². The highest BCUT2D eigenvalue weighted by atomic mass is 32.2. The van der Waals surface area contributed by atoms with Crippen molar-refractivity contribution in [3.8, 4) is 0 Å². The molecule has 3 rings (SSSR count). The standard InChI is InChI=1S/C20H22F2N2O3S2/c21-16-7-9-17(10-8-16)29(26,27)24-12-3-6-19(24)20(25)23-11-13-28-14-15-4-1-2-5-18(15)22/h1-2,4-5,7-10,19H,3,6,11-14H2,(H,23,25)/t19-/m1/s1. The van der Waals surface area contributed by atoms with Gasteiger partial charge in [-0.15, -0.1) is 0 Å². The number of halogens is 2. The zero-order valence-corrected chi connectivity index (χ0v) is 17.3. The van der Waals surface area contributed by atoms with Crippen molar-refractivity contribution < 1.29 is 22.0 Å². The molecule has 0 spiro atoms. The lowest BCUT2D eigenvalue weighted by molar-refractivity contribution is -0.124. The van der Waals surface area contributed by atoms with E-state index < -0.39 is 21.9 Å². The predicted molar refractivity (Wildman–Crippen MR) is 109 cm³/mol. The monoisotopic (exact) mass is 440 g/mol. The summed E-state index contributed by atoms with van der Waals surface area (Å²) in [4.78, 5) is 12.5. The zero-order chi connectivity index (χ0) is 20.9. The molecule has 1 heterocycles. The molecule has 5 nitrogen and oxygen atoms in total. The van der Waals surface area contributed by atoms with E-state index in [2.05, 4.69) is 5.32 Å². The van der Waals surface area contributed by atoms with Crippen LogP contribution in [-0.4, -0.2) is 43.5 Å². The number of carbonyl (C=O) groups excluding carboxylic acids is 1. The number of carbonyl (C=O) groups is 1. The Bertz CT molecular complexity index is 952. The van der Waals surface area contributed by atoms with Crippen molar-refractivity contribution in [2.45, 2.75) is 29.5 Å². The summed E-state index contributed by atoms with van der Waals surface area (Å²) >= 11 is 1.49. The molecule has 0 aliphatic carbocycles. The topological polar surface area (TPSA) is 66.5 Å². The molecule has 156 valence electrons. The molecule has 1 N–H and O–H groups in total. The van der Waals surface area contributed by atoms with Gasteiger partial charge in [-0.25, -0.2) is 17.2 Å². The van der Waals surface area contributed by atoms with Crippen LogP contribution in [-0.2, 0) is 20.6 Å². The van der Waals surface area contributed by atoms with Crippen LogP contribution in [0.5, 0.6) is 0 Å². The molecule has 0 aromatic heterocycles. The minimum atomic E-state index is -3.87. The van der Waals surface area contributed by atoms with Crippen molar-refractivity contribution >= 4 is 27.7 Å². The smallest absolute Gasteiger partial charge is 0.243 e. The van der Waals surface area contributed by atoms with Gasteiger partial charge in [-0.1, -0.05) is 18.2 Å². The first-order chi connectivity index (χ1) is 13.9. The first kappa shape index (κ1) is 21.7.